The van der Waals surface area contributed by atoms with E-state index in [4.69, 9.17) is 4.98 Å². The second-order valence-corrected chi connectivity index (χ2v) is 9.65. The molecular weight excluding hydrogens is 438 g/mol. The summed E-state index contributed by atoms with van der Waals surface area (Å²) in [6.45, 7) is 10.1. The van der Waals surface area contributed by atoms with E-state index in [2.05, 4.69) is 6.58 Å². The second-order valence-electron chi connectivity index (χ2n) is 7.85. The highest BCUT2D eigenvalue weighted by Gasteiger charge is 2.19. The van der Waals surface area contributed by atoms with Crippen LogP contribution in [-0.2, 0) is 13.6 Å². The third-order valence-corrected chi connectivity index (χ3v) is 7.59. The number of rotatable bonds is 7. The zero-order valence-corrected chi connectivity index (χ0v) is 20.3. The van der Waals surface area contributed by atoms with Crippen molar-refractivity contribution in [2.45, 2.75) is 32.5 Å². The van der Waals surface area contributed by atoms with Gasteiger partial charge in [0.2, 0.25) is 0 Å². The van der Waals surface area contributed by atoms with Crippen LogP contribution in [0.1, 0.15) is 27.3 Å². The van der Waals surface area contributed by atoms with E-state index in [0.717, 1.165) is 22.5 Å². The van der Waals surface area contributed by atoms with Crippen molar-refractivity contribution in [2.75, 3.05) is 5.75 Å². The van der Waals surface area contributed by atoms with Crippen molar-refractivity contribution >= 4 is 39.1 Å². The van der Waals surface area contributed by atoms with Crippen LogP contribution in [0.15, 0.2) is 58.3 Å². The van der Waals surface area contributed by atoms with Gasteiger partial charge in [0.1, 0.15) is 4.83 Å². The summed E-state index contributed by atoms with van der Waals surface area (Å²) >= 11 is 2.76. The van der Waals surface area contributed by atoms with Crippen LogP contribution in [0.5, 0.6) is 0 Å². The molecule has 164 valence electrons. The molecule has 0 aliphatic carbocycles. The number of hydrogen-bond acceptors (Lipinski definition) is 5. The van der Waals surface area contributed by atoms with Crippen LogP contribution in [-0.4, -0.2) is 25.7 Å². The molecule has 0 aliphatic heterocycles. The van der Waals surface area contributed by atoms with E-state index in [1.807, 2.05) is 68.1 Å². The Morgan fingerprint density at radius 1 is 1.22 bits per heavy atom. The fraction of sp³-hybridized carbons (Fsp3) is 0.240. The summed E-state index contributed by atoms with van der Waals surface area (Å²) in [7, 11) is 1.95. The molecule has 0 saturated carbocycles. The minimum atomic E-state index is -0.103. The van der Waals surface area contributed by atoms with E-state index in [1.165, 1.54) is 28.7 Å². The lowest BCUT2D eigenvalue weighted by atomic mass is 10.1. The first kappa shape index (κ1) is 22.3. The molecule has 0 spiro atoms. The molecule has 5 nitrogen and oxygen atoms in total. The Labute approximate surface area is 195 Å². The number of aromatic nitrogens is 3. The average molecular weight is 464 g/mol. The van der Waals surface area contributed by atoms with Gasteiger partial charge in [0.05, 0.1) is 11.1 Å². The second kappa shape index (κ2) is 8.92. The fourth-order valence-electron chi connectivity index (χ4n) is 3.70. The number of Topliss-reactive ketones (excluding diaryl/α,β-unsaturated/α-hetero) is 1. The molecule has 0 saturated heterocycles. The highest BCUT2D eigenvalue weighted by atomic mass is 32.2. The standard InChI is InChI=1S/C25H25N3O2S2/c1-6-11-28-24(30)22-20(18-9-7-15(2)8-10-18)13-31-23(22)26-25(28)32-14-21(29)19-12-16(3)27(5)17(19)4/h6-10,12-13H,1,11,14H2,2-5H3. The van der Waals surface area contributed by atoms with Gasteiger partial charge in [0.25, 0.3) is 5.56 Å². The minimum absolute atomic E-state index is 0.0298. The molecule has 4 aromatic rings. The molecule has 7 heteroatoms. The maximum absolute atomic E-state index is 13.5. The van der Waals surface area contributed by atoms with Gasteiger partial charge in [0.15, 0.2) is 10.9 Å². The van der Waals surface area contributed by atoms with Crippen LogP contribution < -0.4 is 5.56 Å². The Morgan fingerprint density at radius 2 is 1.94 bits per heavy atom. The molecule has 32 heavy (non-hydrogen) atoms. The first-order chi connectivity index (χ1) is 15.3. The topological polar surface area (TPSA) is 56.9 Å². The number of ketones is 1. The summed E-state index contributed by atoms with van der Waals surface area (Å²) in [6, 6.07) is 10.0. The van der Waals surface area contributed by atoms with Gasteiger partial charge in [-0.15, -0.1) is 17.9 Å². The average Bonchev–Trinajstić information content (AvgIpc) is 3.31. The number of thiophene rings is 1. The molecule has 3 aromatic heterocycles. The fourth-order valence-corrected chi connectivity index (χ4v) is 5.58. The lowest BCUT2D eigenvalue weighted by Gasteiger charge is -2.10. The molecule has 0 N–H and O–H groups in total. The predicted molar refractivity (Wildman–Crippen MR) is 134 cm³/mol. The quantitative estimate of drug-likeness (QED) is 0.156. The summed E-state index contributed by atoms with van der Waals surface area (Å²) in [5, 5.41) is 3.14. The van der Waals surface area contributed by atoms with Crippen molar-refractivity contribution in [3.63, 3.8) is 0 Å². The van der Waals surface area contributed by atoms with Gasteiger partial charge in [-0.3, -0.25) is 14.2 Å². The van der Waals surface area contributed by atoms with E-state index >= 15 is 0 Å². The summed E-state index contributed by atoms with van der Waals surface area (Å²) < 4.78 is 3.62. The maximum atomic E-state index is 13.5. The molecule has 0 amide bonds. The number of allylic oxidation sites excluding steroid dienone is 1. The van der Waals surface area contributed by atoms with E-state index in [9.17, 15) is 9.59 Å². The summed E-state index contributed by atoms with van der Waals surface area (Å²) in [6.07, 6.45) is 1.68. The lowest BCUT2D eigenvalue weighted by molar-refractivity contribution is 0.102. The van der Waals surface area contributed by atoms with E-state index in [1.54, 1.807) is 10.6 Å². The van der Waals surface area contributed by atoms with Crippen LogP contribution in [0, 0.1) is 20.8 Å². The van der Waals surface area contributed by atoms with E-state index in [-0.39, 0.29) is 17.1 Å². The highest BCUT2D eigenvalue weighted by molar-refractivity contribution is 7.99. The Hall–Kier alpha value is -2.90. The Kier molecular flexibility index (Phi) is 6.22. The molecule has 0 unspecified atom stereocenters. The van der Waals surface area contributed by atoms with Crippen LogP contribution in [0.2, 0.25) is 0 Å². The van der Waals surface area contributed by atoms with Crippen molar-refractivity contribution in [1.29, 1.82) is 0 Å². The van der Waals surface area contributed by atoms with E-state index < -0.39 is 0 Å². The number of hydrogen-bond donors (Lipinski definition) is 0. The monoisotopic (exact) mass is 463 g/mol. The predicted octanol–water partition coefficient (Wildman–Crippen LogP) is 5.55. The number of benzene rings is 1. The van der Waals surface area contributed by atoms with Crippen LogP contribution in [0.3, 0.4) is 0 Å². The van der Waals surface area contributed by atoms with Gasteiger partial charge in [-0.25, -0.2) is 4.98 Å². The molecule has 0 atom stereocenters. The van der Waals surface area contributed by atoms with Gasteiger partial charge in [-0.05, 0) is 32.4 Å². The van der Waals surface area contributed by atoms with E-state index in [0.29, 0.717) is 27.5 Å². The lowest BCUT2D eigenvalue weighted by Crippen LogP contribution is -2.23. The molecule has 0 aliphatic rings. The normalized spacial score (nSPS) is 11.2. The molecule has 0 bridgehead atoms. The van der Waals surface area contributed by atoms with Crippen molar-refractivity contribution in [1.82, 2.24) is 14.1 Å². The largest absolute Gasteiger partial charge is 0.351 e. The zero-order chi connectivity index (χ0) is 23.0. The Bertz CT molecular complexity index is 1390. The van der Waals surface area contributed by atoms with Gasteiger partial charge in [0, 0.05) is 41.5 Å². The van der Waals surface area contributed by atoms with Gasteiger partial charge < -0.3 is 4.57 Å². The number of aryl methyl sites for hydroxylation is 2. The van der Waals surface area contributed by atoms with Crippen LogP contribution in [0.25, 0.3) is 21.3 Å². The Morgan fingerprint density at radius 3 is 2.56 bits per heavy atom. The molecule has 0 radical (unpaired) electrons. The number of thioether (sulfide) groups is 1. The molecule has 0 fully saturated rings. The third-order valence-electron chi connectivity index (χ3n) is 5.74. The first-order valence-electron chi connectivity index (χ1n) is 10.3. The van der Waals surface area contributed by atoms with Crippen LogP contribution >= 0.6 is 23.1 Å². The van der Waals surface area contributed by atoms with Crippen molar-refractivity contribution in [3.8, 4) is 11.1 Å². The Balaban J connectivity index is 1.72. The zero-order valence-electron chi connectivity index (χ0n) is 18.6. The number of carbonyl (C=O) groups is 1. The number of fused-ring (bicyclic) bond motifs is 1. The summed E-state index contributed by atoms with van der Waals surface area (Å²) in [4.78, 5) is 31.8. The number of nitrogens with zero attached hydrogens (tertiary/aromatic N) is 3. The molecule has 3 heterocycles. The maximum Gasteiger partial charge on any atom is 0.263 e. The smallest absolute Gasteiger partial charge is 0.263 e. The van der Waals surface area contributed by atoms with Crippen molar-refractivity contribution in [3.05, 3.63) is 81.2 Å². The van der Waals surface area contributed by atoms with Gasteiger partial charge in [-0.1, -0.05) is 47.7 Å². The van der Waals surface area contributed by atoms with Gasteiger partial charge in [-0.2, -0.15) is 0 Å². The van der Waals surface area contributed by atoms with Crippen molar-refractivity contribution < 1.29 is 4.79 Å². The van der Waals surface area contributed by atoms with Crippen molar-refractivity contribution in [2.24, 2.45) is 7.05 Å². The minimum Gasteiger partial charge on any atom is -0.351 e. The highest BCUT2D eigenvalue weighted by Crippen LogP contribution is 2.32. The molecule has 4 rings (SSSR count). The molecule has 1 aromatic carbocycles. The summed E-state index contributed by atoms with van der Waals surface area (Å²) in [5.41, 5.74) is 5.66. The third kappa shape index (κ3) is 3.98. The summed E-state index contributed by atoms with van der Waals surface area (Å²) in [5.74, 6) is 0.248. The molecular formula is C25H25N3O2S2. The van der Waals surface area contributed by atoms with Gasteiger partial charge >= 0.3 is 0 Å². The number of carbonyl (C=O) groups excluding carboxylic acids is 1. The SMILES string of the molecule is C=CCn1c(SCC(=O)c2cc(C)n(C)c2C)nc2scc(-c3ccc(C)cc3)c2c1=O. The first-order valence-corrected chi connectivity index (χ1v) is 12.2. The van der Waals surface area contributed by atoms with Crippen LogP contribution in [0.4, 0.5) is 0 Å².